The molecule has 0 N–H and O–H groups in total. The van der Waals surface area contributed by atoms with Crippen molar-refractivity contribution in [3.05, 3.63) is 229 Å². The third-order valence-electron chi connectivity index (χ3n) is 12.3. The molecule has 8 aromatic carbocycles. The predicted molar refractivity (Wildman–Crippen MR) is 239 cm³/mol. The molecular weight excluding hydrogens is 717 g/mol. The van der Waals surface area contributed by atoms with Crippen LogP contribution in [0.5, 0.6) is 0 Å². The SMILES string of the molecule is c1ccc2c(c1)-c1ccccc1C1(c3ccc(-c4cc(-c5ccncn5)nc(-c5ccc(-c6cccc7ccccc67)cc5)n4)cc3-2)c2ccccc2-c2ccccc21. The summed E-state index contributed by atoms with van der Waals surface area (Å²) in [6.07, 6.45) is 3.33. The molecule has 4 heteroatoms. The maximum atomic E-state index is 5.33. The molecule has 0 unspecified atom stereocenters. The van der Waals surface area contributed by atoms with Gasteiger partial charge in [-0.05, 0) is 95.7 Å². The topological polar surface area (TPSA) is 51.6 Å². The summed E-state index contributed by atoms with van der Waals surface area (Å²) in [5, 5.41) is 2.45. The Kier molecular flexibility index (Phi) is 7.41. The number of benzene rings is 8. The lowest BCUT2D eigenvalue weighted by Gasteiger charge is -2.35. The van der Waals surface area contributed by atoms with E-state index in [2.05, 4.69) is 198 Å². The fourth-order valence-corrected chi connectivity index (χ4v) is 9.79. The van der Waals surface area contributed by atoms with Crippen molar-refractivity contribution in [2.45, 2.75) is 5.41 Å². The highest BCUT2D eigenvalue weighted by Gasteiger charge is 2.49. The summed E-state index contributed by atoms with van der Waals surface area (Å²) in [6, 6.07) is 70.3. The molecule has 0 saturated heterocycles. The van der Waals surface area contributed by atoms with E-state index in [9.17, 15) is 0 Å². The summed E-state index contributed by atoms with van der Waals surface area (Å²) in [7, 11) is 0. The van der Waals surface area contributed by atoms with Gasteiger partial charge in [-0.2, -0.15) is 0 Å². The molecule has 10 aromatic rings. The van der Waals surface area contributed by atoms with Crippen molar-refractivity contribution in [1.29, 1.82) is 0 Å². The van der Waals surface area contributed by atoms with E-state index >= 15 is 0 Å². The van der Waals surface area contributed by atoms with Crippen molar-refractivity contribution in [2.75, 3.05) is 0 Å². The molecule has 0 fully saturated rings. The number of hydrogen-bond acceptors (Lipinski definition) is 4. The van der Waals surface area contributed by atoms with Crippen molar-refractivity contribution in [3.8, 4) is 78.5 Å². The van der Waals surface area contributed by atoms with Crippen LogP contribution < -0.4 is 0 Å². The first-order valence-corrected chi connectivity index (χ1v) is 20.0. The van der Waals surface area contributed by atoms with E-state index in [1.807, 2.05) is 6.07 Å². The minimum Gasteiger partial charge on any atom is -0.245 e. The maximum Gasteiger partial charge on any atom is 0.160 e. The molecule has 1 spiro atoms. The summed E-state index contributed by atoms with van der Waals surface area (Å²) >= 11 is 0. The molecule has 4 nitrogen and oxygen atoms in total. The van der Waals surface area contributed by atoms with E-state index in [4.69, 9.17) is 9.97 Å². The largest absolute Gasteiger partial charge is 0.245 e. The monoisotopic (exact) mass is 750 g/mol. The van der Waals surface area contributed by atoms with Crippen LogP contribution in [0.15, 0.2) is 207 Å². The number of hydrogen-bond donors (Lipinski definition) is 0. The molecule has 0 atom stereocenters. The number of fused-ring (bicyclic) bond motifs is 13. The molecule has 2 aromatic heterocycles. The van der Waals surface area contributed by atoms with E-state index in [1.165, 1.54) is 72.0 Å². The normalized spacial score (nSPS) is 12.9. The Morgan fingerprint density at radius 1 is 0.339 bits per heavy atom. The fourth-order valence-electron chi connectivity index (χ4n) is 9.79. The predicted octanol–water partition coefficient (Wildman–Crippen LogP) is 13.1. The van der Waals surface area contributed by atoms with Gasteiger partial charge in [0.1, 0.15) is 6.33 Å². The lowest BCUT2D eigenvalue weighted by Crippen LogP contribution is -2.29. The van der Waals surface area contributed by atoms with Gasteiger partial charge in [0, 0.05) is 17.3 Å². The highest BCUT2D eigenvalue weighted by molar-refractivity contribution is 5.99. The van der Waals surface area contributed by atoms with E-state index < -0.39 is 5.41 Å². The molecule has 12 rings (SSSR count). The van der Waals surface area contributed by atoms with Crippen molar-refractivity contribution < 1.29 is 0 Å². The second kappa shape index (κ2) is 13.1. The zero-order chi connectivity index (χ0) is 38.9. The van der Waals surface area contributed by atoms with Crippen LogP contribution in [0.1, 0.15) is 22.3 Å². The van der Waals surface area contributed by atoms with Gasteiger partial charge in [0.05, 0.1) is 22.5 Å². The molecule has 274 valence electrons. The van der Waals surface area contributed by atoms with Crippen LogP contribution in [0.4, 0.5) is 0 Å². The van der Waals surface area contributed by atoms with Crippen LogP contribution in [0.25, 0.3) is 89.3 Å². The third kappa shape index (κ3) is 5.03. The minimum atomic E-state index is -0.536. The first-order chi connectivity index (χ1) is 29.3. The third-order valence-corrected chi connectivity index (χ3v) is 12.3. The van der Waals surface area contributed by atoms with E-state index in [1.54, 1.807) is 12.5 Å². The van der Waals surface area contributed by atoms with Crippen LogP contribution in [0, 0.1) is 0 Å². The Balaban J connectivity index is 1.08. The quantitative estimate of drug-likeness (QED) is 0.180. The minimum absolute atomic E-state index is 0.536. The van der Waals surface area contributed by atoms with Crippen molar-refractivity contribution in [2.24, 2.45) is 0 Å². The molecule has 2 aliphatic rings. The van der Waals surface area contributed by atoms with Gasteiger partial charge in [0.2, 0.25) is 0 Å². The zero-order valence-electron chi connectivity index (χ0n) is 31.9. The first kappa shape index (κ1) is 33.3. The van der Waals surface area contributed by atoms with Gasteiger partial charge in [-0.15, -0.1) is 0 Å². The van der Waals surface area contributed by atoms with Crippen LogP contribution in [0.2, 0.25) is 0 Å². The van der Waals surface area contributed by atoms with Crippen LogP contribution in [0.3, 0.4) is 0 Å². The van der Waals surface area contributed by atoms with Crippen LogP contribution >= 0.6 is 0 Å². The smallest absolute Gasteiger partial charge is 0.160 e. The molecule has 2 aliphatic carbocycles. The molecule has 2 heterocycles. The van der Waals surface area contributed by atoms with Gasteiger partial charge in [-0.25, -0.2) is 19.9 Å². The maximum absolute atomic E-state index is 5.33. The fraction of sp³-hybridized carbons (Fsp3) is 0.0182. The molecule has 0 aliphatic heterocycles. The van der Waals surface area contributed by atoms with Crippen molar-refractivity contribution in [1.82, 2.24) is 19.9 Å². The summed E-state index contributed by atoms with van der Waals surface area (Å²) in [6.45, 7) is 0. The average molecular weight is 751 g/mol. The number of nitrogens with zero attached hydrogens (tertiary/aromatic N) is 4. The first-order valence-electron chi connectivity index (χ1n) is 20.0. The number of rotatable bonds is 4. The second-order valence-electron chi connectivity index (χ2n) is 15.4. The Morgan fingerprint density at radius 2 is 0.864 bits per heavy atom. The van der Waals surface area contributed by atoms with Gasteiger partial charge in [-0.3, -0.25) is 0 Å². The molecular formula is C55H34N4. The van der Waals surface area contributed by atoms with Crippen LogP contribution in [-0.4, -0.2) is 19.9 Å². The molecule has 0 saturated carbocycles. The Labute approximate surface area is 342 Å². The Bertz CT molecular complexity index is 3230. The second-order valence-corrected chi connectivity index (χ2v) is 15.4. The van der Waals surface area contributed by atoms with Gasteiger partial charge >= 0.3 is 0 Å². The summed E-state index contributed by atoms with van der Waals surface area (Å²) in [5.41, 5.74) is 18.6. The van der Waals surface area contributed by atoms with E-state index in [-0.39, 0.29) is 0 Å². The zero-order valence-corrected chi connectivity index (χ0v) is 31.9. The van der Waals surface area contributed by atoms with E-state index in [0.717, 1.165) is 33.8 Å². The van der Waals surface area contributed by atoms with Gasteiger partial charge in [-0.1, -0.05) is 176 Å². The lowest BCUT2D eigenvalue weighted by atomic mass is 9.66. The lowest BCUT2D eigenvalue weighted by molar-refractivity contribution is 0.775. The molecule has 0 amide bonds. The van der Waals surface area contributed by atoms with Gasteiger partial charge in [0.25, 0.3) is 0 Å². The molecule has 0 bridgehead atoms. The number of aromatic nitrogens is 4. The summed E-state index contributed by atoms with van der Waals surface area (Å²) < 4.78 is 0. The average Bonchev–Trinajstić information content (AvgIpc) is 3.56. The summed E-state index contributed by atoms with van der Waals surface area (Å²) in [5.74, 6) is 0.637. The van der Waals surface area contributed by atoms with Gasteiger partial charge in [0.15, 0.2) is 5.82 Å². The summed E-state index contributed by atoms with van der Waals surface area (Å²) in [4.78, 5) is 19.3. The standard InChI is InChI=1S/C55H34N4/c1-2-14-39-35(12-1)13-11-20-40(39)36-24-26-37(27-25-36)54-58-52(33-53(59-54)51-30-31-56-34-57-51)38-28-29-50-46(32-38)42-16-4-3-15-41(42)43-17-5-8-21-47(43)55(50)48-22-9-6-18-44(48)45-19-7-10-23-49(45)55/h1-34H. The molecule has 59 heavy (non-hydrogen) atoms. The van der Waals surface area contributed by atoms with Crippen LogP contribution in [-0.2, 0) is 5.41 Å². The Hall–Kier alpha value is -7.82. The highest BCUT2D eigenvalue weighted by Crippen LogP contribution is 2.61. The van der Waals surface area contributed by atoms with E-state index in [0.29, 0.717) is 5.82 Å². The van der Waals surface area contributed by atoms with Crippen molar-refractivity contribution in [3.63, 3.8) is 0 Å². The Morgan fingerprint density at radius 3 is 1.56 bits per heavy atom. The van der Waals surface area contributed by atoms with Gasteiger partial charge < -0.3 is 0 Å². The highest BCUT2D eigenvalue weighted by atomic mass is 14.9. The molecule has 0 radical (unpaired) electrons. The van der Waals surface area contributed by atoms with Crippen molar-refractivity contribution >= 4 is 10.8 Å².